The van der Waals surface area contributed by atoms with Gasteiger partial charge in [-0.3, -0.25) is 9.48 Å². The van der Waals surface area contributed by atoms with Gasteiger partial charge in [0.25, 0.3) is 0 Å². The second kappa shape index (κ2) is 6.35. The van der Waals surface area contributed by atoms with Crippen LogP contribution in [0.4, 0.5) is 0 Å². The van der Waals surface area contributed by atoms with Crippen LogP contribution in [0.3, 0.4) is 0 Å². The van der Waals surface area contributed by atoms with Gasteiger partial charge in [0.05, 0.1) is 12.2 Å². The Bertz CT molecular complexity index is 524. The second-order valence-corrected chi connectivity index (χ2v) is 4.20. The zero-order valence-corrected chi connectivity index (χ0v) is 11.2. The average Bonchev–Trinajstić information content (AvgIpc) is 2.58. The van der Waals surface area contributed by atoms with Gasteiger partial charge in [0.15, 0.2) is 6.10 Å². The smallest absolute Gasteiger partial charge is 0.334 e. The van der Waals surface area contributed by atoms with Crippen LogP contribution in [0.5, 0.6) is 0 Å². The molecule has 1 rings (SSSR count). The summed E-state index contributed by atoms with van der Waals surface area (Å²) >= 11 is 5.97. The third-order valence-electron chi connectivity index (χ3n) is 2.35. The normalized spacial score (nSPS) is 12.6. The number of nitrogens with zero attached hydrogens (tertiary/aromatic N) is 2. The van der Waals surface area contributed by atoms with Crippen molar-refractivity contribution < 1.29 is 19.8 Å². The lowest BCUT2D eigenvalue weighted by Crippen LogP contribution is -2.35. The molecule has 7 nitrogen and oxygen atoms in total. The minimum absolute atomic E-state index is 0.363. The summed E-state index contributed by atoms with van der Waals surface area (Å²) in [7, 11) is 1.68. The molecule has 0 aliphatic carbocycles. The molecular weight excluding hydrogens is 274 g/mol. The molecule has 0 bridgehead atoms. The van der Waals surface area contributed by atoms with Crippen LogP contribution in [-0.4, -0.2) is 44.5 Å². The molecule has 0 unspecified atom stereocenters. The number of hydrogen-bond acceptors (Lipinski definition) is 4. The monoisotopic (exact) mass is 287 g/mol. The molecule has 0 radical (unpaired) electrons. The third-order valence-corrected chi connectivity index (χ3v) is 2.80. The number of halogens is 1. The van der Waals surface area contributed by atoms with Gasteiger partial charge in [0.2, 0.25) is 5.91 Å². The van der Waals surface area contributed by atoms with Gasteiger partial charge in [-0.25, -0.2) is 4.79 Å². The van der Waals surface area contributed by atoms with Gasteiger partial charge >= 0.3 is 5.97 Å². The molecule has 0 saturated carbocycles. The summed E-state index contributed by atoms with van der Waals surface area (Å²) < 4.78 is 1.47. The maximum Gasteiger partial charge on any atom is 0.334 e. The van der Waals surface area contributed by atoms with E-state index in [0.717, 1.165) is 0 Å². The van der Waals surface area contributed by atoms with Crippen molar-refractivity contribution in [3.05, 3.63) is 22.5 Å². The van der Waals surface area contributed by atoms with Crippen LogP contribution in [0.25, 0.3) is 6.08 Å². The van der Waals surface area contributed by atoms with E-state index in [1.807, 2.05) is 0 Å². The van der Waals surface area contributed by atoms with Crippen molar-refractivity contribution in [2.24, 2.45) is 7.05 Å². The third kappa shape index (κ3) is 4.08. The lowest BCUT2D eigenvalue weighted by molar-refractivity contribution is -0.146. The molecule has 0 fully saturated rings. The molecule has 0 spiro atoms. The molecule has 1 aromatic rings. The number of hydrogen-bond donors (Lipinski definition) is 3. The van der Waals surface area contributed by atoms with Gasteiger partial charge in [0, 0.05) is 18.7 Å². The molecule has 8 heteroatoms. The molecule has 1 aromatic heterocycles. The molecule has 0 aliphatic rings. The first-order valence-electron chi connectivity index (χ1n) is 5.38. The van der Waals surface area contributed by atoms with Crippen LogP contribution in [0.2, 0.25) is 5.15 Å². The summed E-state index contributed by atoms with van der Waals surface area (Å²) in [6, 6.07) is 0. The van der Waals surface area contributed by atoms with Crippen molar-refractivity contribution in [3.63, 3.8) is 0 Å². The van der Waals surface area contributed by atoms with Crippen molar-refractivity contribution in [2.75, 3.05) is 6.54 Å². The van der Waals surface area contributed by atoms with Gasteiger partial charge in [-0.2, -0.15) is 5.10 Å². The fourth-order valence-electron chi connectivity index (χ4n) is 1.34. The van der Waals surface area contributed by atoms with Crippen molar-refractivity contribution in [2.45, 2.75) is 13.0 Å². The van der Waals surface area contributed by atoms with E-state index in [4.69, 9.17) is 21.8 Å². The number of aliphatic hydroxyl groups excluding tert-OH is 1. The summed E-state index contributed by atoms with van der Waals surface area (Å²) in [6.07, 6.45) is 1.05. The number of carbonyl (C=O) groups excluding carboxylic acids is 1. The number of rotatable bonds is 5. The Kier molecular flexibility index (Phi) is 5.08. The number of amides is 1. The van der Waals surface area contributed by atoms with Crippen molar-refractivity contribution in [3.8, 4) is 0 Å². The maximum absolute atomic E-state index is 11.4. The number of nitrogens with one attached hydrogen (secondary N) is 1. The van der Waals surface area contributed by atoms with Crippen molar-refractivity contribution in [1.82, 2.24) is 15.1 Å². The van der Waals surface area contributed by atoms with Crippen LogP contribution in [-0.2, 0) is 16.6 Å². The topological polar surface area (TPSA) is 104 Å². The first-order valence-corrected chi connectivity index (χ1v) is 5.76. The van der Waals surface area contributed by atoms with Crippen molar-refractivity contribution >= 4 is 29.6 Å². The average molecular weight is 288 g/mol. The van der Waals surface area contributed by atoms with E-state index in [0.29, 0.717) is 16.4 Å². The predicted octanol–water partition coefficient (Wildman–Crippen LogP) is -0.0432. The minimum atomic E-state index is -1.62. The highest BCUT2D eigenvalue weighted by molar-refractivity contribution is 6.31. The molecule has 0 aliphatic heterocycles. The zero-order chi connectivity index (χ0) is 14.6. The largest absolute Gasteiger partial charge is 0.479 e. The molecule has 1 heterocycles. The van der Waals surface area contributed by atoms with E-state index in [1.54, 1.807) is 14.0 Å². The van der Waals surface area contributed by atoms with E-state index < -0.39 is 18.0 Å². The summed E-state index contributed by atoms with van der Waals surface area (Å²) in [6.45, 7) is 1.38. The van der Waals surface area contributed by atoms with Gasteiger partial charge in [0.1, 0.15) is 5.15 Å². The number of carboxylic acids is 1. The second-order valence-electron chi connectivity index (χ2n) is 3.85. The Morgan fingerprint density at radius 1 is 1.58 bits per heavy atom. The van der Waals surface area contributed by atoms with E-state index >= 15 is 0 Å². The molecule has 104 valence electrons. The fourth-order valence-corrected chi connectivity index (χ4v) is 1.58. The Labute approximate surface area is 114 Å². The summed E-state index contributed by atoms with van der Waals surface area (Å²) in [5.74, 6) is -1.92. The van der Waals surface area contributed by atoms with Crippen LogP contribution in [0.15, 0.2) is 6.08 Å². The fraction of sp³-hybridized carbons (Fsp3) is 0.364. The Hall–Kier alpha value is -1.86. The SMILES string of the molecule is Cc1nn(C)c(Cl)c1/C=C/C(=O)NC[C@H](O)C(=O)O. The zero-order valence-electron chi connectivity index (χ0n) is 10.4. The van der Waals surface area contributed by atoms with Crippen LogP contribution < -0.4 is 5.32 Å². The Morgan fingerprint density at radius 3 is 2.68 bits per heavy atom. The summed E-state index contributed by atoms with van der Waals surface area (Å²) in [5.41, 5.74) is 1.28. The molecule has 3 N–H and O–H groups in total. The van der Waals surface area contributed by atoms with Gasteiger partial charge in [-0.1, -0.05) is 11.6 Å². The Morgan fingerprint density at radius 2 is 2.21 bits per heavy atom. The molecule has 1 amide bonds. The summed E-state index contributed by atoms with van der Waals surface area (Å²) in [4.78, 5) is 21.7. The highest BCUT2D eigenvalue weighted by Crippen LogP contribution is 2.19. The maximum atomic E-state index is 11.4. The van der Waals surface area contributed by atoms with Gasteiger partial charge < -0.3 is 15.5 Å². The lowest BCUT2D eigenvalue weighted by atomic mass is 10.2. The number of aryl methyl sites for hydroxylation is 2. The molecule has 0 aromatic carbocycles. The highest BCUT2D eigenvalue weighted by Gasteiger charge is 2.13. The van der Waals surface area contributed by atoms with Crippen LogP contribution >= 0.6 is 11.6 Å². The van der Waals surface area contributed by atoms with Gasteiger partial charge in [-0.15, -0.1) is 0 Å². The van der Waals surface area contributed by atoms with Crippen LogP contribution in [0.1, 0.15) is 11.3 Å². The van der Waals surface area contributed by atoms with Crippen molar-refractivity contribution in [1.29, 1.82) is 0 Å². The lowest BCUT2D eigenvalue weighted by Gasteiger charge is -2.05. The van der Waals surface area contributed by atoms with Gasteiger partial charge in [-0.05, 0) is 13.0 Å². The van der Waals surface area contributed by atoms with E-state index in [2.05, 4.69) is 10.4 Å². The first-order chi connectivity index (χ1) is 8.82. The number of aromatic nitrogens is 2. The summed E-state index contributed by atoms with van der Waals surface area (Å²) in [5, 5.41) is 24.1. The molecule has 0 saturated heterocycles. The molecule has 1 atom stereocenters. The first kappa shape index (κ1) is 15.2. The predicted molar refractivity (Wildman–Crippen MR) is 68.6 cm³/mol. The standard InChI is InChI=1S/C11H14ClN3O4/c1-6-7(10(12)15(2)14-6)3-4-9(17)13-5-8(16)11(18)19/h3-4,8,16H,5H2,1-2H3,(H,13,17)(H,18,19)/b4-3+/t8-/m0/s1. The Balaban J connectivity index is 2.62. The number of carboxylic acid groups (broad SMARTS) is 1. The van der Waals surface area contributed by atoms with Crippen LogP contribution in [0, 0.1) is 6.92 Å². The van der Waals surface area contributed by atoms with E-state index in [-0.39, 0.29) is 6.54 Å². The molecular formula is C11H14ClN3O4. The molecule has 19 heavy (non-hydrogen) atoms. The van der Waals surface area contributed by atoms with E-state index in [9.17, 15) is 9.59 Å². The highest BCUT2D eigenvalue weighted by atomic mass is 35.5. The number of aliphatic hydroxyl groups is 1. The number of aliphatic carboxylic acids is 1. The number of carbonyl (C=O) groups is 2. The quantitative estimate of drug-likeness (QED) is 0.659. The minimum Gasteiger partial charge on any atom is -0.479 e. The van der Waals surface area contributed by atoms with E-state index in [1.165, 1.54) is 16.8 Å².